The maximum absolute atomic E-state index is 9.17. The number of rotatable bonds is 4. The minimum atomic E-state index is 0.134. The normalized spacial score (nSPS) is 15.1. The van der Waals surface area contributed by atoms with E-state index in [0.717, 1.165) is 11.3 Å². The van der Waals surface area contributed by atoms with Gasteiger partial charge in [-0.25, -0.2) is 0 Å². The van der Waals surface area contributed by atoms with Crippen LogP contribution in [0.3, 0.4) is 0 Å². The number of hydrogen-bond donors (Lipinski definition) is 1. The van der Waals surface area contributed by atoms with Crippen molar-refractivity contribution < 1.29 is 5.11 Å². The first-order chi connectivity index (χ1) is 8.26. The van der Waals surface area contributed by atoms with Crippen molar-refractivity contribution in [2.45, 2.75) is 32.2 Å². The van der Waals surface area contributed by atoms with Gasteiger partial charge in [0, 0.05) is 12.6 Å². The lowest BCUT2D eigenvalue weighted by atomic mass is 9.90. The zero-order valence-electron chi connectivity index (χ0n) is 10.2. The largest absolute Gasteiger partial charge is 0.395 e. The van der Waals surface area contributed by atoms with Crippen molar-refractivity contribution >= 4 is 5.69 Å². The van der Waals surface area contributed by atoms with Crippen molar-refractivity contribution in [3.8, 4) is 6.07 Å². The minimum Gasteiger partial charge on any atom is -0.395 e. The molecule has 1 aliphatic carbocycles. The Morgan fingerprint density at radius 3 is 2.76 bits per heavy atom. The topological polar surface area (TPSA) is 47.3 Å². The van der Waals surface area contributed by atoms with Crippen LogP contribution in [0.5, 0.6) is 0 Å². The molecule has 1 saturated carbocycles. The van der Waals surface area contributed by atoms with Gasteiger partial charge in [0.05, 0.1) is 17.9 Å². The lowest BCUT2D eigenvalue weighted by Gasteiger charge is -2.39. The third kappa shape index (κ3) is 2.42. The number of hydrogen-bond acceptors (Lipinski definition) is 3. The van der Waals surface area contributed by atoms with E-state index < -0.39 is 0 Å². The Morgan fingerprint density at radius 1 is 1.47 bits per heavy atom. The second-order valence-corrected chi connectivity index (χ2v) is 4.63. The highest BCUT2D eigenvalue weighted by molar-refractivity contribution is 5.61. The highest BCUT2D eigenvalue weighted by Crippen LogP contribution is 2.31. The van der Waals surface area contributed by atoms with Gasteiger partial charge in [-0.2, -0.15) is 5.26 Å². The summed E-state index contributed by atoms with van der Waals surface area (Å²) < 4.78 is 0. The van der Waals surface area contributed by atoms with Gasteiger partial charge >= 0.3 is 0 Å². The molecule has 2 rings (SSSR count). The molecule has 0 amide bonds. The molecule has 0 spiro atoms. The van der Waals surface area contributed by atoms with Crippen LogP contribution < -0.4 is 4.90 Å². The third-order valence-corrected chi connectivity index (χ3v) is 3.44. The third-order valence-electron chi connectivity index (χ3n) is 3.44. The summed E-state index contributed by atoms with van der Waals surface area (Å²) >= 11 is 0. The van der Waals surface area contributed by atoms with Gasteiger partial charge < -0.3 is 10.0 Å². The van der Waals surface area contributed by atoms with Crippen molar-refractivity contribution in [2.75, 3.05) is 18.1 Å². The van der Waals surface area contributed by atoms with E-state index in [9.17, 15) is 5.11 Å². The highest BCUT2D eigenvalue weighted by atomic mass is 16.3. The predicted octanol–water partition coefficient (Wildman–Crippen LogP) is 2.22. The van der Waals surface area contributed by atoms with E-state index in [-0.39, 0.29) is 6.61 Å². The first kappa shape index (κ1) is 11.9. The summed E-state index contributed by atoms with van der Waals surface area (Å²) in [5.74, 6) is 0. The molecule has 90 valence electrons. The predicted molar refractivity (Wildman–Crippen MR) is 68.0 cm³/mol. The van der Waals surface area contributed by atoms with Crippen LogP contribution in [0.4, 0.5) is 5.69 Å². The van der Waals surface area contributed by atoms with Gasteiger partial charge in [0.2, 0.25) is 0 Å². The number of aliphatic hydroxyl groups is 1. The zero-order chi connectivity index (χ0) is 12.3. The lowest BCUT2D eigenvalue weighted by Crippen LogP contribution is -2.42. The molecule has 0 atom stereocenters. The molecule has 0 bridgehead atoms. The molecule has 0 unspecified atom stereocenters. The van der Waals surface area contributed by atoms with Crippen LogP contribution in [0.25, 0.3) is 0 Å². The van der Waals surface area contributed by atoms with Crippen LogP contribution in [0, 0.1) is 18.3 Å². The fourth-order valence-electron chi connectivity index (χ4n) is 2.28. The van der Waals surface area contributed by atoms with E-state index in [1.807, 2.05) is 25.1 Å². The monoisotopic (exact) mass is 230 g/mol. The summed E-state index contributed by atoms with van der Waals surface area (Å²) in [5.41, 5.74) is 2.84. The molecule has 1 aromatic rings. The van der Waals surface area contributed by atoms with Gasteiger partial charge in [0.15, 0.2) is 0 Å². The summed E-state index contributed by atoms with van der Waals surface area (Å²) in [6.45, 7) is 2.78. The molecule has 0 heterocycles. The number of nitriles is 1. The Labute approximate surface area is 102 Å². The van der Waals surface area contributed by atoms with Crippen molar-refractivity contribution in [1.82, 2.24) is 0 Å². The van der Waals surface area contributed by atoms with Crippen molar-refractivity contribution in [3.63, 3.8) is 0 Å². The van der Waals surface area contributed by atoms with Crippen molar-refractivity contribution in [3.05, 3.63) is 29.3 Å². The summed E-state index contributed by atoms with van der Waals surface area (Å²) in [7, 11) is 0. The van der Waals surface area contributed by atoms with Crippen LogP contribution in [0.2, 0.25) is 0 Å². The van der Waals surface area contributed by atoms with Gasteiger partial charge in [-0.1, -0.05) is 6.07 Å². The number of benzene rings is 1. The molecule has 1 aromatic carbocycles. The summed E-state index contributed by atoms with van der Waals surface area (Å²) in [6.07, 6.45) is 3.58. The van der Waals surface area contributed by atoms with Crippen LogP contribution in [-0.2, 0) is 0 Å². The maximum Gasteiger partial charge on any atom is 0.101 e. The smallest absolute Gasteiger partial charge is 0.101 e. The molecule has 0 saturated heterocycles. The van der Waals surface area contributed by atoms with Crippen LogP contribution in [0.1, 0.15) is 30.4 Å². The Bertz CT molecular complexity index is 432. The molecule has 0 aromatic heterocycles. The first-order valence-electron chi connectivity index (χ1n) is 6.14. The molecule has 3 heteroatoms. The molecule has 1 aliphatic rings. The van der Waals surface area contributed by atoms with Gasteiger partial charge in [-0.3, -0.25) is 0 Å². The van der Waals surface area contributed by atoms with E-state index >= 15 is 0 Å². The van der Waals surface area contributed by atoms with E-state index in [4.69, 9.17) is 5.26 Å². The van der Waals surface area contributed by atoms with E-state index in [1.54, 1.807) is 0 Å². The fraction of sp³-hybridized carbons (Fsp3) is 0.500. The van der Waals surface area contributed by atoms with E-state index in [2.05, 4.69) is 11.0 Å². The molecule has 0 aliphatic heterocycles. The zero-order valence-corrected chi connectivity index (χ0v) is 10.2. The molecule has 1 N–H and O–H groups in total. The van der Waals surface area contributed by atoms with Crippen molar-refractivity contribution in [2.24, 2.45) is 0 Å². The summed E-state index contributed by atoms with van der Waals surface area (Å²) in [4.78, 5) is 2.19. The molecular formula is C14H18N2O. The summed E-state index contributed by atoms with van der Waals surface area (Å²) in [5, 5.41) is 18.3. The van der Waals surface area contributed by atoms with Gasteiger partial charge in [0.25, 0.3) is 0 Å². The van der Waals surface area contributed by atoms with Gasteiger partial charge in [0.1, 0.15) is 6.07 Å². The average Bonchev–Trinajstić information content (AvgIpc) is 2.26. The first-order valence-corrected chi connectivity index (χ1v) is 6.14. The Balaban J connectivity index is 2.33. The quantitative estimate of drug-likeness (QED) is 0.862. The Kier molecular flexibility index (Phi) is 3.65. The van der Waals surface area contributed by atoms with E-state index in [1.165, 1.54) is 19.3 Å². The highest BCUT2D eigenvalue weighted by Gasteiger charge is 2.26. The van der Waals surface area contributed by atoms with E-state index in [0.29, 0.717) is 18.2 Å². The lowest BCUT2D eigenvalue weighted by molar-refractivity contribution is 0.283. The number of anilines is 1. The maximum atomic E-state index is 9.17. The Morgan fingerprint density at radius 2 is 2.24 bits per heavy atom. The number of nitrogens with zero attached hydrogens (tertiary/aromatic N) is 2. The second-order valence-electron chi connectivity index (χ2n) is 4.63. The SMILES string of the molecule is Cc1ccc(C#N)c(N(CCO)C2CCC2)c1. The van der Waals surface area contributed by atoms with Gasteiger partial charge in [-0.15, -0.1) is 0 Å². The fourth-order valence-corrected chi connectivity index (χ4v) is 2.28. The standard InChI is InChI=1S/C14H18N2O/c1-11-5-6-12(10-15)14(9-11)16(7-8-17)13-3-2-4-13/h5-6,9,13,17H,2-4,7-8H2,1H3. The van der Waals surface area contributed by atoms with Gasteiger partial charge in [-0.05, 0) is 43.9 Å². The molecule has 17 heavy (non-hydrogen) atoms. The molecule has 3 nitrogen and oxygen atoms in total. The number of aliphatic hydroxyl groups excluding tert-OH is 1. The Hall–Kier alpha value is -1.53. The molecular weight excluding hydrogens is 212 g/mol. The molecule has 1 fully saturated rings. The summed E-state index contributed by atoms with van der Waals surface area (Å²) in [6, 6.07) is 8.61. The van der Waals surface area contributed by atoms with Crippen molar-refractivity contribution in [1.29, 1.82) is 5.26 Å². The number of aryl methyl sites for hydroxylation is 1. The minimum absolute atomic E-state index is 0.134. The average molecular weight is 230 g/mol. The van der Waals surface area contributed by atoms with Crippen LogP contribution in [-0.4, -0.2) is 24.3 Å². The van der Waals surface area contributed by atoms with Crippen LogP contribution in [0.15, 0.2) is 18.2 Å². The second kappa shape index (κ2) is 5.20. The molecule has 0 radical (unpaired) electrons. The van der Waals surface area contributed by atoms with Crippen LogP contribution >= 0.6 is 0 Å².